The van der Waals surface area contributed by atoms with Crippen molar-refractivity contribution in [2.75, 3.05) is 14.2 Å². The second-order valence-electron chi connectivity index (χ2n) is 3.53. The van der Waals surface area contributed by atoms with Crippen molar-refractivity contribution in [2.45, 2.75) is 13.8 Å². The highest BCUT2D eigenvalue weighted by Gasteiger charge is 2.03. The van der Waals surface area contributed by atoms with Gasteiger partial charge in [0.2, 0.25) is 0 Å². The van der Waals surface area contributed by atoms with Crippen molar-refractivity contribution in [1.82, 2.24) is 0 Å². The van der Waals surface area contributed by atoms with Gasteiger partial charge in [-0.05, 0) is 48.7 Å². The highest BCUT2D eigenvalue weighted by Crippen LogP contribution is 2.22. The summed E-state index contributed by atoms with van der Waals surface area (Å²) >= 11 is 0. The minimum atomic E-state index is -0.352. The predicted octanol–water partition coefficient (Wildman–Crippen LogP) is 2.50. The van der Waals surface area contributed by atoms with Gasteiger partial charge in [0.25, 0.3) is 0 Å². The van der Waals surface area contributed by atoms with Crippen LogP contribution in [0.15, 0.2) is 18.2 Å². The molecule has 0 aromatic heterocycles. The zero-order chi connectivity index (χ0) is 12.1. The van der Waals surface area contributed by atoms with Crippen molar-refractivity contribution < 1.29 is 14.3 Å². The topological polar surface area (TPSA) is 35.5 Å². The van der Waals surface area contributed by atoms with Crippen LogP contribution in [0.5, 0.6) is 5.75 Å². The van der Waals surface area contributed by atoms with E-state index in [1.807, 2.05) is 26.0 Å². The number of esters is 1. The molecule has 86 valence electrons. The first kappa shape index (κ1) is 12.3. The van der Waals surface area contributed by atoms with E-state index < -0.39 is 0 Å². The number of rotatable bonds is 3. The van der Waals surface area contributed by atoms with Gasteiger partial charge in [0.1, 0.15) is 5.75 Å². The molecule has 0 amide bonds. The van der Waals surface area contributed by atoms with E-state index >= 15 is 0 Å². The van der Waals surface area contributed by atoms with Crippen LogP contribution >= 0.6 is 0 Å². The van der Waals surface area contributed by atoms with E-state index in [-0.39, 0.29) is 5.97 Å². The molecule has 0 bridgehead atoms. The minimum Gasteiger partial charge on any atom is -0.497 e. The van der Waals surface area contributed by atoms with E-state index in [1.54, 1.807) is 13.2 Å². The largest absolute Gasteiger partial charge is 0.497 e. The summed E-state index contributed by atoms with van der Waals surface area (Å²) in [6, 6.07) is 3.87. The molecule has 0 heterocycles. The molecule has 0 aliphatic rings. The van der Waals surface area contributed by atoms with Crippen molar-refractivity contribution in [2.24, 2.45) is 0 Å². The van der Waals surface area contributed by atoms with Gasteiger partial charge >= 0.3 is 5.97 Å². The van der Waals surface area contributed by atoms with E-state index in [0.717, 1.165) is 22.4 Å². The number of carbonyl (C=O) groups is 1. The van der Waals surface area contributed by atoms with E-state index in [9.17, 15) is 4.79 Å². The molecule has 1 aromatic carbocycles. The Morgan fingerprint density at radius 3 is 2.19 bits per heavy atom. The molecule has 1 rings (SSSR count). The number of hydrogen-bond acceptors (Lipinski definition) is 3. The number of carbonyl (C=O) groups excluding carboxylic acids is 1. The Morgan fingerprint density at radius 1 is 1.19 bits per heavy atom. The quantitative estimate of drug-likeness (QED) is 0.580. The van der Waals surface area contributed by atoms with Crippen molar-refractivity contribution in [3.05, 3.63) is 34.9 Å². The first-order chi connectivity index (χ1) is 7.58. The van der Waals surface area contributed by atoms with Gasteiger partial charge in [-0.3, -0.25) is 0 Å². The SMILES string of the molecule is COC(=O)/C=C/c1c(C)cc(OC)cc1C. The molecule has 0 saturated carbocycles. The highest BCUT2D eigenvalue weighted by atomic mass is 16.5. The Kier molecular flexibility index (Phi) is 4.11. The van der Waals surface area contributed by atoms with Crippen LogP contribution in [-0.2, 0) is 9.53 Å². The number of ether oxygens (including phenoxy) is 2. The van der Waals surface area contributed by atoms with Crippen molar-refractivity contribution in [1.29, 1.82) is 0 Å². The van der Waals surface area contributed by atoms with E-state index in [2.05, 4.69) is 4.74 Å². The van der Waals surface area contributed by atoms with Crippen LogP contribution in [-0.4, -0.2) is 20.2 Å². The Morgan fingerprint density at radius 2 is 1.75 bits per heavy atom. The smallest absolute Gasteiger partial charge is 0.330 e. The third-order valence-corrected chi connectivity index (χ3v) is 2.39. The van der Waals surface area contributed by atoms with Crippen LogP contribution in [0.4, 0.5) is 0 Å². The summed E-state index contributed by atoms with van der Waals surface area (Å²) in [5, 5.41) is 0. The van der Waals surface area contributed by atoms with Crippen LogP contribution in [0.3, 0.4) is 0 Å². The molecule has 16 heavy (non-hydrogen) atoms. The molecule has 0 saturated heterocycles. The average Bonchev–Trinajstić information content (AvgIpc) is 2.27. The van der Waals surface area contributed by atoms with Gasteiger partial charge in [-0.1, -0.05) is 0 Å². The number of benzene rings is 1. The van der Waals surface area contributed by atoms with Crippen molar-refractivity contribution >= 4 is 12.0 Å². The summed E-state index contributed by atoms with van der Waals surface area (Å²) < 4.78 is 9.71. The van der Waals surface area contributed by atoms with Gasteiger partial charge in [0.05, 0.1) is 14.2 Å². The Bertz CT molecular complexity index is 396. The van der Waals surface area contributed by atoms with Crippen LogP contribution in [0.2, 0.25) is 0 Å². The third kappa shape index (κ3) is 2.86. The van der Waals surface area contributed by atoms with Crippen LogP contribution < -0.4 is 4.74 Å². The van der Waals surface area contributed by atoms with Crippen LogP contribution in [0, 0.1) is 13.8 Å². The molecule has 0 atom stereocenters. The Hall–Kier alpha value is -1.77. The molecule has 0 spiro atoms. The first-order valence-corrected chi connectivity index (χ1v) is 4.99. The lowest BCUT2D eigenvalue weighted by molar-refractivity contribution is -0.134. The monoisotopic (exact) mass is 220 g/mol. The standard InChI is InChI=1S/C13H16O3/c1-9-7-11(15-3)8-10(2)12(9)5-6-13(14)16-4/h5-8H,1-4H3/b6-5+. The predicted molar refractivity (Wildman–Crippen MR) is 63.5 cm³/mol. The lowest BCUT2D eigenvalue weighted by Gasteiger charge is -2.08. The van der Waals surface area contributed by atoms with Gasteiger partial charge in [-0.15, -0.1) is 0 Å². The number of aryl methyl sites for hydroxylation is 2. The molecule has 0 aliphatic heterocycles. The summed E-state index contributed by atoms with van der Waals surface area (Å²) in [5.74, 6) is 0.472. The maximum Gasteiger partial charge on any atom is 0.330 e. The summed E-state index contributed by atoms with van der Waals surface area (Å²) in [6.07, 6.45) is 3.18. The minimum absolute atomic E-state index is 0.352. The van der Waals surface area contributed by atoms with Gasteiger partial charge in [-0.2, -0.15) is 0 Å². The lowest BCUT2D eigenvalue weighted by atomic mass is 10.0. The maximum absolute atomic E-state index is 11.0. The molecule has 1 aromatic rings. The third-order valence-electron chi connectivity index (χ3n) is 2.39. The molecule has 0 fully saturated rings. The van der Waals surface area contributed by atoms with Crippen molar-refractivity contribution in [3.8, 4) is 5.75 Å². The van der Waals surface area contributed by atoms with Crippen LogP contribution in [0.1, 0.15) is 16.7 Å². The van der Waals surface area contributed by atoms with Crippen LogP contribution in [0.25, 0.3) is 6.08 Å². The molecule has 0 radical (unpaired) electrons. The maximum atomic E-state index is 11.0. The fourth-order valence-corrected chi connectivity index (χ4v) is 1.54. The summed E-state index contributed by atoms with van der Waals surface area (Å²) in [4.78, 5) is 11.0. The highest BCUT2D eigenvalue weighted by molar-refractivity contribution is 5.87. The zero-order valence-corrected chi connectivity index (χ0v) is 10.0. The van der Waals surface area contributed by atoms with E-state index in [0.29, 0.717) is 0 Å². The molecule has 3 heteroatoms. The summed E-state index contributed by atoms with van der Waals surface area (Å²) in [7, 11) is 3.00. The van der Waals surface area contributed by atoms with Gasteiger partial charge < -0.3 is 9.47 Å². The van der Waals surface area contributed by atoms with Gasteiger partial charge in [-0.25, -0.2) is 4.79 Å². The van der Waals surface area contributed by atoms with E-state index in [1.165, 1.54) is 13.2 Å². The number of hydrogen-bond donors (Lipinski definition) is 0. The molecule has 3 nitrogen and oxygen atoms in total. The fourth-order valence-electron chi connectivity index (χ4n) is 1.54. The van der Waals surface area contributed by atoms with Gasteiger partial charge in [0, 0.05) is 6.08 Å². The Balaban J connectivity index is 3.05. The fraction of sp³-hybridized carbons (Fsp3) is 0.308. The summed E-state index contributed by atoms with van der Waals surface area (Å²) in [6.45, 7) is 3.96. The molecular weight excluding hydrogens is 204 g/mol. The molecule has 0 N–H and O–H groups in total. The number of methoxy groups -OCH3 is 2. The molecule has 0 aliphatic carbocycles. The second kappa shape index (κ2) is 5.35. The molecule has 0 unspecified atom stereocenters. The van der Waals surface area contributed by atoms with E-state index in [4.69, 9.17) is 4.74 Å². The second-order valence-corrected chi connectivity index (χ2v) is 3.53. The molecular formula is C13H16O3. The van der Waals surface area contributed by atoms with Gasteiger partial charge in [0.15, 0.2) is 0 Å². The average molecular weight is 220 g/mol. The Labute approximate surface area is 95.7 Å². The lowest BCUT2D eigenvalue weighted by Crippen LogP contribution is -1.95. The van der Waals surface area contributed by atoms with Crippen molar-refractivity contribution in [3.63, 3.8) is 0 Å². The zero-order valence-electron chi connectivity index (χ0n) is 10.0. The summed E-state index contributed by atoms with van der Waals surface area (Å²) in [5.41, 5.74) is 3.15. The first-order valence-electron chi connectivity index (χ1n) is 4.99. The normalized spacial score (nSPS) is 10.5.